The van der Waals surface area contributed by atoms with Crippen molar-refractivity contribution in [1.29, 1.82) is 0 Å². The van der Waals surface area contributed by atoms with Crippen molar-refractivity contribution >= 4 is 34.5 Å². The number of hydrogen-bond donors (Lipinski definition) is 1. The second-order valence-electron chi connectivity index (χ2n) is 3.93. The normalized spacial score (nSPS) is 10.8. The van der Waals surface area contributed by atoms with E-state index < -0.39 is 0 Å². The molecule has 0 aliphatic carbocycles. The van der Waals surface area contributed by atoms with Crippen LogP contribution in [0.5, 0.6) is 5.75 Å². The number of aromatic nitrogens is 4. The second-order valence-corrected chi connectivity index (χ2v) is 5.45. The number of rotatable bonds is 5. The molecule has 3 rings (SSSR count). The van der Waals surface area contributed by atoms with Crippen molar-refractivity contribution < 1.29 is 4.74 Å². The number of nitrogens with zero attached hydrogens (tertiary/aromatic N) is 3. The summed E-state index contributed by atoms with van der Waals surface area (Å²) in [5, 5.41) is 1.58. The fourth-order valence-electron chi connectivity index (χ4n) is 1.68. The molecule has 0 fully saturated rings. The third-order valence-corrected chi connectivity index (χ3v) is 3.80. The number of aromatic amines is 1. The van der Waals surface area contributed by atoms with Crippen molar-refractivity contribution in [3.63, 3.8) is 0 Å². The molecule has 5 nitrogen and oxygen atoms in total. The van der Waals surface area contributed by atoms with Gasteiger partial charge in [-0.3, -0.25) is 0 Å². The lowest BCUT2D eigenvalue weighted by Crippen LogP contribution is -2.00. The van der Waals surface area contributed by atoms with E-state index in [9.17, 15) is 0 Å². The summed E-state index contributed by atoms with van der Waals surface area (Å²) in [4.78, 5) is 15.5. The quantitative estimate of drug-likeness (QED) is 0.445. The minimum Gasteiger partial charge on any atom is -0.493 e. The third kappa shape index (κ3) is 3.02. The number of thioether (sulfide) groups is 1. The zero-order chi connectivity index (χ0) is 13.8. The van der Waals surface area contributed by atoms with E-state index in [1.165, 1.54) is 6.33 Å². The van der Waals surface area contributed by atoms with Crippen LogP contribution in [0.1, 0.15) is 0 Å². The Balaban J connectivity index is 1.55. The Kier molecular flexibility index (Phi) is 4.03. The number of imidazole rings is 1. The Morgan fingerprint density at radius 1 is 1.15 bits per heavy atom. The molecule has 0 atom stereocenters. The van der Waals surface area contributed by atoms with Gasteiger partial charge in [0.2, 0.25) is 0 Å². The fraction of sp³-hybridized carbons (Fsp3) is 0.154. The van der Waals surface area contributed by atoms with Crippen LogP contribution in [0.15, 0.2) is 41.9 Å². The SMILES string of the molecule is Clc1ccc(OCCSc2ncnc3nc[nH]c23)cc1. The van der Waals surface area contributed by atoms with E-state index in [0.29, 0.717) is 17.3 Å². The van der Waals surface area contributed by atoms with Crippen LogP contribution < -0.4 is 4.74 Å². The van der Waals surface area contributed by atoms with Gasteiger partial charge >= 0.3 is 0 Å². The van der Waals surface area contributed by atoms with Gasteiger partial charge in [0.1, 0.15) is 22.6 Å². The van der Waals surface area contributed by atoms with E-state index in [2.05, 4.69) is 19.9 Å². The van der Waals surface area contributed by atoms with Crippen molar-refractivity contribution in [3.8, 4) is 5.75 Å². The summed E-state index contributed by atoms with van der Waals surface area (Å²) in [7, 11) is 0. The fourth-order valence-corrected chi connectivity index (χ4v) is 2.58. The standard InChI is InChI=1S/C13H11ClN4OS/c14-9-1-3-10(4-2-9)19-5-6-20-13-11-12(16-7-15-11)17-8-18-13/h1-4,7-8H,5-6H2,(H,15,16,17,18). The van der Waals surface area contributed by atoms with Gasteiger partial charge in [-0.05, 0) is 24.3 Å². The van der Waals surface area contributed by atoms with Gasteiger partial charge in [0.05, 0.1) is 12.9 Å². The van der Waals surface area contributed by atoms with Gasteiger partial charge in [0.25, 0.3) is 0 Å². The maximum atomic E-state index is 5.81. The molecule has 0 unspecified atom stereocenters. The maximum Gasteiger partial charge on any atom is 0.181 e. The lowest BCUT2D eigenvalue weighted by Gasteiger charge is -2.05. The first-order valence-electron chi connectivity index (χ1n) is 5.98. The van der Waals surface area contributed by atoms with E-state index in [1.807, 2.05) is 24.3 Å². The molecule has 7 heteroatoms. The van der Waals surface area contributed by atoms with E-state index in [-0.39, 0.29) is 0 Å². The largest absolute Gasteiger partial charge is 0.493 e. The third-order valence-electron chi connectivity index (χ3n) is 2.59. The molecule has 3 aromatic rings. The van der Waals surface area contributed by atoms with Crippen LogP contribution in [0.3, 0.4) is 0 Å². The molecule has 102 valence electrons. The van der Waals surface area contributed by atoms with Crippen LogP contribution >= 0.6 is 23.4 Å². The molecule has 20 heavy (non-hydrogen) atoms. The molecule has 0 aliphatic heterocycles. The number of ether oxygens (including phenoxy) is 1. The molecule has 0 radical (unpaired) electrons. The van der Waals surface area contributed by atoms with Crippen LogP contribution in [-0.4, -0.2) is 32.3 Å². The first-order valence-corrected chi connectivity index (χ1v) is 7.34. The minimum atomic E-state index is 0.589. The maximum absolute atomic E-state index is 5.81. The smallest absolute Gasteiger partial charge is 0.181 e. The predicted molar refractivity (Wildman–Crippen MR) is 79.4 cm³/mol. The van der Waals surface area contributed by atoms with Crippen molar-refractivity contribution in [2.45, 2.75) is 5.03 Å². The summed E-state index contributed by atoms with van der Waals surface area (Å²) < 4.78 is 5.63. The van der Waals surface area contributed by atoms with Crippen LogP contribution in [0, 0.1) is 0 Å². The molecular weight excluding hydrogens is 296 g/mol. The van der Waals surface area contributed by atoms with Gasteiger partial charge in [-0.1, -0.05) is 11.6 Å². The number of halogens is 1. The highest BCUT2D eigenvalue weighted by atomic mass is 35.5. The highest BCUT2D eigenvalue weighted by Crippen LogP contribution is 2.22. The molecule has 2 aromatic heterocycles. The van der Waals surface area contributed by atoms with Crippen molar-refractivity contribution in [2.75, 3.05) is 12.4 Å². The summed E-state index contributed by atoms with van der Waals surface area (Å²) in [6, 6.07) is 7.32. The molecule has 0 bridgehead atoms. The van der Waals surface area contributed by atoms with Crippen LogP contribution in [-0.2, 0) is 0 Å². The summed E-state index contributed by atoms with van der Waals surface area (Å²) >= 11 is 7.42. The van der Waals surface area contributed by atoms with Crippen LogP contribution in [0.2, 0.25) is 5.02 Å². The highest BCUT2D eigenvalue weighted by molar-refractivity contribution is 7.99. The van der Waals surface area contributed by atoms with E-state index >= 15 is 0 Å². The van der Waals surface area contributed by atoms with Gasteiger partial charge in [0, 0.05) is 10.8 Å². The van der Waals surface area contributed by atoms with Crippen molar-refractivity contribution in [2.24, 2.45) is 0 Å². The molecule has 1 aromatic carbocycles. The van der Waals surface area contributed by atoms with E-state index in [4.69, 9.17) is 16.3 Å². The van der Waals surface area contributed by atoms with Crippen LogP contribution in [0.25, 0.3) is 11.2 Å². The lowest BCUT2D eigenvalue weighted by molar-refractivity contribution is 0.344. The molecule has 2 heterocycles. The minimum absolute atomic E-state index is 0.589. The number of fused-ring (bicyclic) bond motifs is 1. The van der Waals surface area contributed by atoms with E-state index in [1.54, 1.807) is 18.1 Å². The number of benzene rings is 1. The van der Waals surface area contributed by atoms with E-state index in [0.717, 1.165) is 22.0 Å². The second kappa shape index (κ2) is 6.11. The topological polar surface area (TPSA) is 63.7 Å². The lowest BCUT2D eigenvalue weighted by atomic mass is 10.3. The Bertz CT molecular complexity index is 701. The van der Waals surface area contributed by atoms with Crippen molar-refractivity contribution in [3.05, 3.63) is 41.9 Å². The monoisotopic (exact) mass is 306 g/mol. The number of nitrogens with one attached hydrogen (secondary N) is 1. The first-order chi connectivity index (χ1) is 9.83. The summed E-state index contributed by atoms with van der Waals surface area (Å²) in [6.07, 6.45) is 3.14. The summed E-state index contributed by atoms with van der Waals surface area (Å²) in [5.74, 6) is 1.60. The zero-order valence-corrected chi connectivity index (χ0v) is 12.0. The zero-order valence-electron chi connectivity index (χ0n) is 10.4. The Labute approximate surface area is 124 Å². The molecular formula is C13H11ClN4OS. The summed E-state index contributed by atoms with van der Waals surface area (Å²) in [6.45, 7) is 0.589. The molecule has 0 spiro atoms. The van der Waals surface area contributed by atoms with Gasteiger partial charge in [-0.25, -0.2) is 15.0 Å². The molecule has 1 N–H and O–H groups in total. The molecule has 0 aliphatic rings. The molecule has 0 saturated heterocycles. The van der Waals surface area contributed by atoms with Crippen molar-refractivity contribution in [1.82, 2.24) is 19.9 Å². The van der Waals surface area contributed by atoms with Crippen LogP contribution in [0.4, 0.5) is 0 Å². The average Bonchev–Trinajstić information content (AvgIpc) is 2.94. The number of hydrogen-bond acceptors (Lipinski definition) is 5. The van der Waals surface area contributed by atoms with Gasteiger partial charge < -0.3 is 9.72 Å². The predicted octanol–water partition coefficient (Wildman–Crippen LogP) is 3.18. The molecule has 0 saturated carbocycles. The van der Waals surface area contributed by atoms with Gasteiger partial charge in [-0.2, -0.15) is 0 Å². The average molecular weight is 307 g/mol. The van der Waals surface area contributed by atoms with Gasteiger partial charge in [0.15, 0.2) is 5.65 Å². The Hall–Kier alpha value is -1.79. The Morgan fingerprint density at radius 2 is 2.00 bits per heavy atom. The summed E-state index contributed by atoms with van der Waals surface area (Å²) in [5.41, 5.74) is 1.55. The highest BCUT2D eigenvalue weighted by Gasteiger charge is 2.06. The Morgan fingerprint density at radius 3 is 2.85 bits per heavy atom. The first kappa shape index (κ1) is 13.2. The molecule has 0 amide bonds. The number of H-pyrrole nitrogens is 1. The van der Waals surface area contributed by atoms with Gasteiger partial charge in [-0.15, -0.1) is 11.8 Å².